The van der Waals surface area contributed by atoms with Gasteiger partial charge in [-0.05, 0) is 5.92 Å². The molecule has 0 aliphatic rings. The van der Waals surface area contributed by atoms with Crippen LogP contribution in [-0.2, 0) is 6.42 Å². The molecule has 1 heterocycles. The fourth-order valence-electron chi connectivity index (χ4n) is 1.07. The van der Waals surface area contributed by atoms with Gasteiger partial charge in [-0.3, -0.25) is 0 Å². The summed E-state index contributed by atoms with van der Waals surface area (Å²) in [6, 6.07) is 0. The fraction of sp³-hybridized carbons (Fsp3) is 0.500. The van der Waals surface area contributed by atoms with E-state index in [-0.39, 0.29) is 5.92 Å². The number of aromatic nitrogens is 2. The number of nitrogens with zero attached hydrogens (tertiary/aromatic N) is 1. The molecule has 0 saturated heterocycles. The van der Waals surface area contributed by atoms with Crippen LogP contribution in [0, 0.1) is 5.92 Å². The van der Waals surface area contributed by atoms with Crippen LogP contribution >= 0.6 is 0 Å². The number of H-pyrrole nitrogens is 1. The summed E-state index contributed by atoms with van der Waals surface area (Å²) in [6.07, 6.45) is 3.22. The van der Waals surface area contributed by atoms with E-state index in [4.69, 9.17) is 5.11 Å². The number of hydrogen-bond acceptors (Lipinski definition) is 2. The van der Waals surface area contributed by atoms with E-state index in [1.807, 2.05) is 6.92 Å². The first-order valence-electron chi connectivity index (χ1n) is 4.13. The number of amides is 1. The average Bonchev–Trinajstić information content (AvgIpc) is 2.53. The zero-order chi connectivity index (χ0) is 9.68. The molecule has 1 amide bonds. The molecule has 0 aliphatic carbocycles. The molecule has 1 aromatic rings. The summed E-state index contributed by atoms with van der Waals surface area (Å²) in [5.74, 6) is 1.14. The Morgan fingerprint density at radius 3 is 3.15 bits per heavy atom. The van der Waals surface area contributed by atoms with Crippen LogP contribution in [0.25, 0.3) is 0 Å². The molecule has 0 fully saturated rings. The number of carboxylic acid groups (broad SMARTS) is 1. The molecular formula is C8H13N3O2. The molecule has 0 aliphatic heterocycles. The second kappa shape index (κ2) is 4.49. The summed E-state index contributed by atoms with van der Waals surface area (Å²) in [7, 11) is 0. The first-order valence-corrected chi connectivity index (χ1v) is 4.13. The predicted molar refractivity (Wildman–Crippen MR) is 47.5 cm³/mol. The highest BCUT2D eigenvalue weighted by Gasteiger charge is 2.06. The van der Waals surface area contributed by atoms with E-state index >= 15 is 0 Å². The molecule has 3 N–H and O–H groups in total. The summed E-state index contributed by atoms with van der Waals surface area (Å²) >= 11 is 0. The molecule has 72 valence electrons. The van der Waals surface area contributed by atoms with Crippen LogP contribution in [0.5, 0.6) is 0 Å². The van der Waals surface area contributed by atoms with E-state index in [1.165, 1.54) is 0 Å². The van der Waals surface area contributed by atoms with Crippen molar-refractivity contribution in [2.75, 3.05) is 6.54 Å². The minimum Gasteiger partial charge on any atom is -0.465 e. The van der Waals surface area contributed by atoms with E-state index in [0.29, 0.717) is 6.54 Å². The zero-order valence-corrected chi connectivity index (χ0v) is 7.45. The van der Waals surface area contributed by atoms with E-state index in [1.54, 1.807) is 12.4 Å². The normalized spacial score (nSPS) is 12.4. The van der Waals surface area contributed by atoms with Crippen molar-refractivity contribution in [1.82, 2.24) is 15.3 Å². The molecule has 0 bridgehead atoms. The maximum Gasteiger partial charge on any atom is 0.404 e. The van der Waals surface area contributed by atoms with Crippen molar-refractivity contribution < 1.29 is 9.90 Å². The first kappa shape index (κ1) is 9.57. The highest BCUT2D eigenvalue weighted by atomic mass is 16.4. The van der Waals surface area contributed by atoms with Gasteiger partial charge in [-0.2, -0.15) is 0 Å². The fourth-order valence-corrected chi connectivity index (χ4v) is 1.07. The number of hydrogen-bond donors (Lipinski definition) is 3. The summed E-state index contributed by atoms with van der Waals surface area (Å²) in [6.45, 7) is 2.43. The topological polar surface area (TPSA) is 78.0 Å². The smallest absolute Gasteiger partial charge is 0.404 e. The van der Waals surface area contributed by atoms with E-state index < -0.39 is 6.09 Å². The molecule has 1 rings (SSSR count). The van der Waals surface area contributed by atoms with Gasteiger partial charge in [0.2, 0.25) is 0 Å². The SMILES string of the molecule is CC(CNC(=O)O)Cc1ncc[nH]1. The number of imidazole rings is 1. The number of aromatic amines is 1. The number of rotatable bonds is 4. The lowest BCUT2D eigenvalue weighted by Crippen LogP contribution is -2.27. The molecular weight excluding hydrogens is 170 g/mol. The van der Waals surface area contributed by atoms with Crippen molar-refractivity contribution >= 4 is 6.09 Å². The second-order valence-corrected chi connectivity index (χ2v) is 3.03. The average molecular weight is 183 g/mol. The maximum absolute atomic E-state index is 10.2. The molecule has 5 heteroatoms. The van der Waals surface area contributed by atoms with Crippen molar-refractivity contribution in [3.63, 3.8) is 0 Å². The van der Waals surface area contributed by atoms with Crippen molar-refractivity contribution in [3.8, 4) is 0 Å². The highest BCUT2D eigenvalue weighted by molar-refractivity contribution is 5.64. The molecule has 0 radical (unpaired) electrons. The largest absolute Gasteiger partial charge is 0.465 e. The molecule has 13 heavy (non-hydrogen) atoms. The quantitative estimate of drug-likeness (QED) is 0.647. The van der Waals surface area contributed by atoms with Crippen molar-refractivity contribution in [3.05, 3.63) is 18.2 Å². The number of nitrogens with one attached hydrogen (secondary N) is 2. The molecule has 0 aromatic carbocycles. The van der Waals surface area contributed by atoms with E-state index in [0.717, 1.165) is 12.2 Å². The van der Waals surface area contributed by atoms with Crippen molar-refractivity contribution in [2.24, 2.45) is 5.92 Å². The summed E-state index contributed by atoms with van der Waals surface area (Å²) < 4.78 is 0. The summed E-state index contributed by atoms with van der Waals surface area (Å²) in [5, 5.41) is 10.7. The Labute approximate surface area is 76.2 Å². The minimum atomic E-state index is -0.980. The van der Waals surface area contributed by atoms with Gasteiger partial charge >= 0.3 is 6.09 Å². The molecule has 0 saturated carbocycles. The van der Waals surface area contributed by atoms with Crippen molar-refractivity contribution in [1.29, 1.82) is 0 Å². The lowest BCUT2D eigenvalue weighted by molar-refractivity contribution is 0.192. The molecule has 1 unspecified atom stereocenters. The molecule has 5 nitrogen and oxygen atoms in total. The number of carbonyl (C=O) groups is 1. The second-order valence-electron chi connectivity index (χ2n) is 3.03. The Bertz CT molecular complexity index is 258. The Hall–Kier alpha value is -1.52. The third kappa shape index (κ3) is 3.59. The zero-order valence-electron chi connectivity index (χ0n) is 7.45. The van der Waals surface area contributed by atoms with Crippen LogP contribution in [0.15, 0.2) is 12.4 Å². The van der Waals surface area contributed by atoms with E-state index in [2.05, 4.69) is 15.3 Å². The van der Waals surface area contributed by atoms with Gasteiger partial charge in [0.1, 0.15) is 5.82 Å². The Morgan fingerprint density at radius 1 is 1.85 bits per heavy atom. The summed E-state index contributed by atoms with van der Waals surface area (Å²) in [5.41, 5.74) is 0. The Morgan fingerprint density at radius 2 is 2.62 bits per heavy atom. The molecule has 1 aromatic heterocycles. The standard InChI is InChI=1S/C8H13N3O2/c1-6(5-11-8(12)13)4-7-9-2-3-10-7/h2-3,6,11H,4-5H2,1H3,(H,9,10)(H,12,13). The van der Waals surface area contributed by atoms with Gasteiger partial charge in [-0.1, -0.05) is 6.92 Å². The minimum absolute atomic E-state index is 0.252. The van der Waals surface area contributed by atoms with Gasteiger partial charge in [0.15, 0.2) is 0 Å². The summed E-state index contributed by atoms with van der Waals surface area (Å²) in [4.78, 5) is 17.2. The van der Waals surface area contributed by atoms with Gasteiger partial charge in [-0.15, -0.1) is 0 Å². The lowest BCUT2D eigenvalue weighted by atomic mass is 10.1. The molecule has 1 atom stereocenters. The van der Waals surface area contributed by atoms with Crippen LogP contribution in [0.1, 0.15) is 12.7 Å². The van der Waals surface area contributed by atoms with Gasteiger partial charge in [0.25, 0.3) is 0 Å². The van der Waals surface area contributed by atoms with Crippen LogP contribution in [0.2, 0.25) is 0 Å². The Balaban J connectivity index is 2.25. The lowest BCUT2D eigenvalue weighted by Gasteiger charge is -2.08. The first-order chi connectivity index (χ1) is 6.18. The van der Waals surface area contributed by atoms with Crippen LogP contribution in [-0.4, -0.2) is 27.7 Å². The third-order valence-electron chi connectivity index (χ3n) is 1.70. The molecule has 0 spiro atoms. The van der Waals surface area contributed by atoms with Crippen molar-refractivity contribution in [2.45, 2.75) is 13.3 Å². The van der Waals surface area contributed by atoms with Gasteiger partial charge in [-0.25, -0.2) is 9.78 Å². The van der Waals surface area contributed by atoms with Gasteiger partial charge in [0, 0.05) is 25.4 Å². The predicted octanol–water partition coefficient (Wildman–Crippen LogP) is 0.856. The van der Waals surface area contributed by atoms with Crippen LogP contribution < -0.4 is 5.32 Å². The van der Waals surface area contributed by atoms with Crippen LogP contribution in [0.3, 0.4) is 0 Å². The van der Waals surface area contributed by atoms with Gasteiger partial charge in [0.05, 0.1) is 0 Å². The van der Waals surface area contributed by atoms with E-state index in [9.17, 15) is 4.79 Å². The Kier molecular flexibility index (Phi) is 3.31. The third-order valence-corrected chi connectivity index (χ3v) is 1.70. The monoisotopic (exact) mass is 183 g/mol. The highest BCUT2D eigenvalue weighted by Crippen LogP contribution is 2.01. The maximum atomic E-state index is 10.2. The van der Waals surface area contributed by atoms with Gasteiger partial charge < -0.3 is 15.4 Å². The van der Waals surface area contributed by atoms with Crippen LogP contribution in [0.4, 0.5) is 4.79 Å².